The molecule has 0 amide bonds. The van der Waals surface area contributed by atoms with Gasteiger partial charge in [-0.15, -0.1) is 0 Å². The minimum absolute atomic E-state index is 0.242. The van der Waals surface area contributed by atoms with Crippen molar-refractivity contribution < 1.29 is 63.6 Å². The van der Waals surface area contributed by atoms with Crippen molar-refractivity contribution in [2.75, 3.05) is 0 Å². The quantitative estimate of drug-likeness (QED) is 0.112. The van der Waals surface area contributed by atoms with Gasteiger partial charge in [0.2, 0.25) is 0 Å². The molecule has 46 heavy (non-hydrogen) atoms. The standard InChI is InChI=1S/C32H45NO13/c1-9(34)42-21-15-13(18(36)17(33)11-8-12-20(44-12)23(38)27(11,15)3)14-19(37)16-22(28(14,4)24(21)43-10(2)35)29(5,40)25-32(45-25)30(16,6)31(7,41)26(39)46-32/h11-25,36-38,40-41H,8,33H2,1-7H3/t11-,12+,13?,14-,15?,16-,17-,18-,19-,20+,21+,22+,23+,24+,25-,27+,28+,29+,30+,31-,32+/m1/s1. The minimum atomic E-state index is -2.17. The summed E-state index contributed by atoms with van der Waals surface area (Å²) >= 11 is 0. The van der Waals surface area contributed by atoms with Crippen molar-refractivity contribution in [2.24, 2.45) is 57.5 Å². The molecule has 14 nitrogen and oxygen atoms in total. The van der Waals surface area contributed by atoms with Crippen molar-refractivity contribution in [1.82, 2.24) is 0 Å². The van der Waals surface area contributed by atoms with Crippen LogP contribution in [0.3, 0.4) is 0 Å². The number of rotatable bonds is 2. The maximum atomic E-state index is 13.2. The Kier molecular flexibility index (Phi) is 5.88. The lowest BCUT2D eigenvalue weighted by molar-refractivity contribution is -0.288. The van der Waals surface area contributed by atoms with Crippen molar-refractivity contribution in [3.05, 3.63) is 0 Å². The summed E-state index contributed by atoms with van der Waals surface area (Å²) in [6.07, 6.45) is -7.81. The molecule has 0 aromatic rings. The number of carbonyl (C=O) groups excluding carboxylic acids is 3. The Bertz CT molecular complexity index is 1440. The van der Waals surface area contributed by atoms with Gasteiger partial charge in [0.15, 0.2) is 11.7 Å². The van der Waals surface area contributed by atoms with Crippen molar-refractivity contribution in [2.45, 2.75) is 127 Å². The zero-order valence-corrected chi connectivity index (χ0v) is 26.9. The molecule has 21 atom stereocenters. The van der Waals surface area contributed by atoms with E-state index in [1.54, 1.807) is 13.8 Å². The molecule has 3 heterocycles. The number of nitrogens with two attached hydrogens (primary N) is 1. The number of esters is 3. The predicted octanol–water partition coefficient (Wildman–Crippen LogP) is -1.64. The van der Waals surface area contributed by atoms with E-state index >= 15 is 0 Å². The highest BCUT2D eigenvalue weighted by molar-refractivity contribution is 5.84. The fourth-order valence-electron chi connectivity index (χ4n) is 12.9. The van der Waals surface area contributed by atoms with Crippen LogP contribution in [0, 0.1) is 51.8 Å². The third-order valence-electron chi connectivity index (χ3n) is 14.8. The molecular formula is C32H45NO13. The minimum Gasteiger partial charge on any atom is -0.458 e. The number of carbonyl (C=O) groups is 3. The van der Waals surface area contributed by atoms with E-state index in [9.17, 15) is 39.9 Å². The Morgan fingerprint density at radius 1 is 0.913 bits per heavy atom. The van der Waals surface area contributed by atoms with E-state index in [1.807, 2.05) is 6.92 Å². The summed E-state index contributed by atoms with van der Waals surface area (Å²) in [5.41, 5.74) is -1.39. The first-order valence-corrected chi connectivity index (χ1v) is 16.3. The number of hydrogen-bond donors (Lipinski definition) is 6. The summed E-state index contributed by atoms with van der Waals surface area (Å²) < 4.78 is 29.7. The van der Waals surface area contributed by atoms with E-state index in [1.165, 1.54) is 27.7 Å². The molecule has 256 valence electrons. The molecule has 5 aliphatic carbocycles. The number of ether oxygens (including phenoxy) is 5. The van der Waals surface area contributed by atoms with E-state index < -0.39 is 135 Å². The summed E-state index contributed by atoms with van der Waals surface area (Å²) in [5, 5.41) is 61.1. The normalized spacial score (nSPS) is 65.1. The average molecular weight is 652 g/mol. The van der Waals surface area contributed by atoms with E-state index in [-0.39, 0.29) is 6.10 Å². The molecule has 0 aromatic heterocycles. The fourth-order valence-corrected chi connectivity index (χ4v) is 12.9. The van der Waals surface area contributed by atoms with Gasteiger partial charge in [0.25, 0.3) is 5.79 Å². The Morgan fingerprint density at radius 2 is 1.54 bits per heavy atom. The van der Waals surface area contributed by atoms with Gasteiger partial charge in [-0.2, -0.15) is 0 Å². The zero-order chi connectivity index (χ0) is 33.6. The number of aliphatic hydroxyl groups is 5. The number of aliphatic hydroxyl groups excluding tert-OH is 3. The molecule has 8 rings (SSSR count). The monoisotopic (exact) mass is 651 g/mol. The molecule has 3 saturated heterocycles. The van der Waals surface area contributed by atoms with Gasteiger partial charge in [-0.3, -0.25) is 9.59 Å². The molecule has 0 bridgehead atoms. The second-order valence-corrected chi connectivity index (χ2v) is 16.5. The molecule has 5 saturated carbocycles. The Balaban J connectivity index is 1.39. The van der Waals surface area contributed by atoms with E-state index in [0.717, 1.165) is 0 Å². The summed E-state index contributed by atoms with van der Waals surface area (Å²) in [6, 6.07) is -0.882. The zero-order valence-electron chi connectivity index (χ0n) is 26.9. The van der Waals surface area contributed by atoms with Gasteiger partial charge in [-0.25, -0.2) is 4.79 Å². The van der Waals surface area contributed by atoms with E-state index in [4.69, 9.17) is 29.4 Å². The highest BCUT2D eigenvalue weighted by Gasteiger charge is 2.95. The Labute approximate surface area is 265 Å². The van der Waals surface area contributed by atoms with E-state index in [2.05, 4.69) is 0 Å². The first kappa shape index (κ1) is 31.4. The summed E-state index contributed by atoms with van der Waals surface area (Å²) in [7, 11) is 0. The fraction of sp³-hybridized carbons (Fsp3) is 0.906. The van der Waals surface area contributed by atoms with Crippen LogP contribution in [0.2, 0.25) is 0 Å². The second-order valence-electron chi connectivity index (χ2n) is 16.5. The van der Waals surface area contributed by atoms with Crippen LogP contribution in [-0.4, -0.2) is 115 Å². The molecule has 0 radical (unpaired) electrons. The molecule has 7 N–H and O–H groups in total. The highest BCUT2D eigenvalue weighted by Crippen LogP contribution is 2.81. The Morgan fingerprint density at radius 3 is 2.15 bits per heavy atom. The van der Waals surface area contributed by atoms with Gasteiger partial charge >= 0.3 is 17.9 Å². The number of epoxide rings is 2. The third kappa shape index (κ3) is 3.07. The summed E-state index contributed by atoms with van der Waals surface area (Å²) in [6.45, 7) is 10.3. The topological polar surface area (TPSA) is 231 Å². The van der Waals surface area contributed by atoms with Crippen LogP contribution < -0.4 is 5.73 Å². The van der Waals surface area contributed by atoms with Crippen molar-refractivity contribution >= 4 is 17.9 Å². The lowest BCUT2D eigenvalue weighted by atomic mass is 9.40. The van der Waals surface area contributed by atoms with Crippen molar-refractivity contribution in [3.8, 4) is 0 Å². The maximum Gasteiger partial charge on any atom is 0.341 e. The highest BCUT2D eigenvalue weighted by atomic mass is 16.8. The predicted molar refractivity (Wildman–Crippen MR) is 151 cm³/mol. The van der Waals surface area contributed by atoms with Gasteiger partial charge in [-0.1, -0.05) is 13.8 Å². The SMILES string of the molecule is CC(=O)O[C@H]1C2C([C@@H](O)[C@H](N)[C@H]3C[C@@H]4O[C@@H]4[C@H](O)[C@]23C)[C@@H]2[C@@H](O)[C@@H]3[C@H]([C@](C)(O)[C@H]4O[C@]45OC(=O)[C@@](C)(O)[C@]35C)[C@@]2(C)[C@H]1OC(C)=O. The molecule has 1 spiro atoms. The molecule has 0 aromatic carbocycles. The summed E-state index contributed by atoms with van der Waals surface area (Å²) in [5.74, 6) is -9.64. The molecule has 2 unspecified atom stereocenters. The maximum absolute atomic E-state index is 13.2. The van der Waals surface area contributed by atoms with Gasteiger partial charge in [0.1, 0.15) is 18.3 Å². The molecule has 3 aliphatic heterocycles. The van der Waals surface area contributed by atoms with Gasteiger partial charge < -0.3 is 55.0 Å². The van der Waals surface area contributed by atoms with E-state index in [0.29, 0.717) is 6.42 Å². The van der Waals surface area contributed by atoms with Crippen LogP contribution in [0.15, 0.2) is 0 Å². The molecular weight excluding hydrogens is 606 g/mol. The van der Waals surface area contributed by atoms with Gasteiger partial charge in [0.05, 0.1) is 35.4 Å². The van der Waals surface area contributed by atoms with Crippen LogP contribution in [-0.2, 0) is 38.1 Å². The summed E-state index contributed by atoms with van der Waals surface area (Å²) in [4.78, 5) is 39.1. The smallest absolute Gasteiger partial charge is 0.341 e. The van der Waals surface area contributed by atoms with Gasteiger partial charge in [-0.05, 0) is 39.0 Å². The van der Waals surface area contributed by atoms with Crippen LogP contribution in [0.25, 0.3) is 0 Å². The van der Waals surface area contributed by atoms with Crippen molar-refractivity contribution in [1.29, 1.82) is 0 Å². The molecule has 8 fully saturated rings. The largest absolute Gasteiger partial charge is 0.458 e. The average Bonchev–Trinajstić information content (AvgIpc) is 3.85. The van der Waals surface area contributed by atoms with Gasteiger partial charge in [0, 0.05) is 54.4 Å². The molecule has 14 heteroatoms. The third-order valence-corrected chi connectivity index (χ3v) is 14.8. The van der Waals surface area contributed by atoms with Crippen LogP contribution >= 0.6 is 0 Å². The van der Waals surface area contributed by atoms with Crippen LogP contribution in [0.4, 0.5) is 0 Å². The lowest BCUT2D eigenvalue weighted by Crippen LogP contribution is -2.76. The number of fused-ring (bicyclic) bond motifs is 9. The molecule has 8 aliphatic rings. The second kappa shape index (κ2) is 8.62. The van der Waals surface area contributed by atoms with Crippen LogP contribution in [0.5, 0.6) is 0 Å². The van der Waals surface area contributed by atoms with Crippen molar-refractivity contribution in [3.63, 3.8) is 0 Å². The first-order valence-electron chi connectivity index (χ1n) is 16.3. The first-order chi connectivity index (χ1) is 21.2. The number of hydrogen-bond acceptors (Lipinski definition) is 14. The van der Waals surface area contributed by atoms with Crippen LogP contribution in [0.1, 0.15) is 54.9 Å². The Hall–Kier alpha value is -1.91. The lowest BCUT2D eigenvalue weighted by Gasteiger charge is -2.67.